The maximum Gasteiger partial charge on any atom is 0.417 e. The summed E-state index contributed by atoms with van der Waals surface area (Å²) in [6.45, 7) is 6.25. The smallest absolute Gasteiger partial charge is 0.349 e. The molecule has 1 aromatic carbocycles. The standard InChI is InChI=1S/C30H32F6N10/c1-18-15-45(26-24-27(46-17-39-41-28(46)40-26)43(16-38-24)12-11-42(3)4)19(2)14-44(18)25(20-5-7-21(8-6-20)29(31,32)33)23-10-9-22(13-37-23)30(34,35)36/h5-10,13,16-19,25H,11-12,14-15H2,1-4H3/t18-,19+,25+/m1/s1. The number of rotatable bonds is 7. The highest BCUT2D eigenvalue weighted by atomic mass is 19.4. The Morgan fingerprint density at radius 1 is 0.870 bits per heavy atom. The Morgan fingerprint density at radius 2 is 1.57 bits per heavy atom. The van der Waals surface area contributed by atoms with Crippen LogP contribution in [0.4, 0.5) is 32.2 Å². The quantitative estimate of drug-likeness (QED) is 0.225. The van der Waals surface area contributed by atoms with Crippen LogP contribution >= 0.6 is 0 Å². The van der Waals surface area contributed by atoms with Gasteiger partial charge in [-0.1, -0.05) is 12.1 Å². The SMILES string of the molecule is C[C@@H]1CN(c2nc3nncn3c3c2ncn3CCN(C)C)[C@@H](C)CN1[C@@H](c1ccc(C(F)(F)F)cc1)c1ccc(C(F)(F)F)cn1. The molecule has 5 aromatic rings. The van der Waals surface area contributed by atoms with Crippen molar-refractivity contribution in [3.05, 3.63) is 77.6 Å². The Balaban J connectivity index is 1.37. The Hall–Kier alpha value is -4.31. The number of alkyl halides is 6. The number of likely N-dealkylation sites (N-methyl/N-ethyl adjacent to an activating group) is 1. The number of halogens is 6. The van der Waals surface area contributed by atoms with Crippen LogP contribution in [-0.2, 0) is 18.9 Å². The van der Waals surface area contributed by atoms with E-state index in [4.69, 9.17) is 9.97 Å². The highest BCUT2D eigenvalue weighted by molar-refractivity contribution is 5.86. The van der Waals surface area contributed by atoms with Gasteiger partial charge in [0.2, 0.25) is 0 Å². The predicted octanol–water partition coefficient (Wildman–Crippen LogP) is 5.16. The number of imidazole rings is 1. The van der Waals surface area contributed by atoms with Crippen LogP contribution < -0.4 is 4.90 Å². The van der Waals surface area contributed by atoms with Crippen molar-refractivity contribution in [2.75, 3.05) is 38.6 Å². The van der Waals surface area contributed by atoms with E-state index < -0.39 is 29.5 Å². The van der Waals surface area contributed by atoms with Crippen LogP contribution in [0.5, 0.6) is 0 Å². The van der Waals surface area contributed by atoms with Gasteiger partial charge < -0.3 is 14.4 Å². The fraction of sp³-hybridized carbons (Fsp3) is 0.433. The third-order valence-electron chi connectivity index (χ3n) is 8.36. The van der Waals surface area contributed by atoms with E-state index in [-0.39, 0.29) is 12.1 Å². The molecular formula is C30H32F6N10. The van der Waals surface area contributed by atoms with Gasteiger partial charge in [-0.3, -0.25) is 9.88 Å². The largest absolute Gasteiger partial charge is 0.417 e. The van der Waals surface area contributed by atoms with Gasteiger partial charge >= 0.3 is 12.4 Å². The number of anilines is 1. The molecule has 1 saturated heterocycles. The molecule has 46 heavy (non-hydrogen) atoms. The summed E-state index contributed by atoms with van der Waals surface area (Å²) in [5, 5.41) is 8.26. The van der Waals surface area contributed by atoms with Crippen molar-refractivity contribution in [3.8, 4) is 0 Å². The Morgan fingerprint density at radius 3 is 2.20 bits per heavy atom. The molecule has 6 rings (SSSR count). The summed E-state index contributed by atoms with van der Waals surface area (Å²) in [6, 6.07) is 5.81. The molecule has 10 nitrogen and oxygen atoms in total. The lowest BCUT2D eigenvalue weighted by Crippen LogP contribution is -2.57. The van der Waals surface area contributed by atoms with E-state index >= 15 is 0 Å². The molecule has 5 heterocycles. The molecule has 0 bridgehead atoms. The van der Waals surface area contributed by atoms with Gasteiger partial charge in [-0.15, -0.1) is 10.2 Å². The molecule has 4 aromatic heterocycles. The van der Waals surface area contributed by atoms with Gasteiger partial charge in [-0.25, -0.2) is 9.38 Å². The Kier molecular flexibility index (Phi) is 8.13. The van der Waals surface area contributed by atoms with Gasteiger partial charge in [0.05, 0.1) is 29.2 Å². The van der Waals surface area contributed by atoms with E-state index in [1.807, 2.05) is 32.5 Å². The molecule has 1 aliphatic rings. The summed E-state index contributed by atoms with van der Waals surface area (Å²) in [5.41, 5.74) is 0.527. The fourth-order valence-corrected chi connectivity index (χ4v) is 5.99. The number of hydrogen-bond acceptors (Lipinski definition) is 8. The number of pyridine rings is 1. The Labute approximate surface area is 260 Å². The van der Waals surface area contributed by atoms with Gasteiger partial charge in [0.25, 0.3) is 5.78 Å². The minimum Gasteiger partial charge on any atom is -0.349 e. The first kappa shape index (κ1) is 31.7. The molecule has 0 unspecified atom stereocenters. The van der Waals surface area contributed by atoms with Gasteiger partial charge in [0.1, 0.15) is 11.8 Å². The maximum absolute atomic E-state index is 13.4. The monoisotopic (exact) mass is 646 g/mol. The summed E-state index contributed by atoms with van der Waals surface area (Å²) < 4.78 is 84.0. The first-order chi connectivity index (χ1) is 21.7. The van der Waals surface area contributed by atoms with Crippen LogP contribution in [0.3, 0.4) is 0 Å². The number of hydrogen-bond donors (Lipinski definition) is 0. The van der Waals surface area contributed by atoms with E-state index in [2.05, 4.69) is 29.9 Å². The van der Waals surface area contributed by atoms with Crippen LogP contribution in [0, 0.1) is 0 Å². The average molecular weight is 647 g/mol. The lowest BCUT2D eigenvalue weighted by Gasteiger charge is -2.47. The number of fused-ring (bicyclic) bond motifs is 3. The lowest BCUT2D eigenvalue weighted by molar-refractivity contribution is -0.138. The minimum absolute atomic E-state index is 0.185. The molecule has 1 fully saturated rings. The van der Waals surface area contributed by atoms with Crippen LogP contribution in [0.25, 0.3) is 16.9 Å². The number of nitrogens with zero attached hydrogens (tertiary/aromatic N) is 10. The van der Waals surface area contributed by atoms with Crippen molar-refractivity contribution in [1.82, 2.24) is 43.9 Å². The number of benzene rings is 1. The highest BCUT2D eigenvalue weighted by Gasteiger charge is 2.39. The molecule has 0 amide bonds. The summed E-state index contributed by atoms with van der Waals surface area (Å²) in [5.74, 6) is 1.03. The van der Waals surface area contributed by atoms with Crippen molar-refractivity contribution in [2.24, 2.45) is 0 Å². The average Bonchev–Trinajstić information content (AvgIpc) is 3.64. The van der Waals surface area contributed by atoms with Crippen molar-refractivity contribution in [1.29, 1.82) is 0 Å². The molecule has 1 aliphatic heterocycles. The first-order valence-corrected chi connectivity index (χ1v) is 14.6. The van der Waals surface area contributed by atoms with E-state index in [9.17, 15) is 26.3 Å². The van der Waals surface area contributed by atoms with Crippen molar-refractivity contribution in [2.45, 2.75) is 50.9 Å². The van der Waals surface area contributed by atoms with E-state index in [0.717, 1.165) is 36.6 Å². The zero-order chi connectivity index (χ0) is 33.0. The van der Waals surface area contributed by atoms with Crippen molar-refractivity contribution in [3.63, 3.8) is 0 Å². The molecule has 0 saturated carbocycles. The Bertz CT molecular complexity index is 1750. The predicted molar refractivity (Wildman–Crippen MR) is 158 cm³/mol. The van der Waals surface area contributed by atoms with Crippen LogP contribution in [0.15, 0.2) is 55.2 Å². The lowest BCUT2D eigenvalue weighted by atomic mass is 9.95. The van der Waals surface area contributed by atoms with Crippen molar-refractivity contribution < 1.29 is 26.3 Å². The maximum atomic E-state index is 13.4. The van der Waals surface area contributed by atoms with Crippen LogP contribution in [0.2, 0.25) is 0 Å². The van der Waals surface area contributed by atoms with Crippen molar-refractivity contribution >= 4 is 22.8 Å². The zero-order valence-corrected chi connectivity index (χ0v) is 25.5. The van der Waals surface area contributed by atoms with Crippen LogP contribution in [-0.4, -0.2) is 89.7 Å². The summed E-state index contributed by atoms with van der Waals surface area (Å²) in [7, 11) is 3.97. The molecule has 3 atom stereocenters. The van der Waals surface area contributed by atoms with Crippen LogP contribution in [0.1, 0.15) is 42.3 Å². The summed E-state index contributed by atoms with van der Waals surface area (Å²) in [6.07, 6.45) is -4.99. The van der Waals surface area contributed by atoms with E-state index in [0.29, 0.717) is 48.0 Å². The normalized spacial score (nSPS) is 19.1. The third-order valence-corrected chi connectivity index (χ3v) is 8.36. The summed E-state index contributed by atoms with van der Waals surface area (Å²) in [4.78, 5) is 19.9. The topological polar surface area (TPSA) is 83.5 Å². The number of aromatic nitrogens is 7. The minimum atomic E-state index is -4.58. The van der Waals surface area contributed by atoms with Gasteiger partial charge in [0.15, 0.2) is 11.5 Å². The second-order valence-corrected chi connectivity index (χ2v) is 11.9. The molecule has 0 radical (unpaired) electrons. The second-order valence-electron chi connectivity index (χ2n) is 11.9. The van der Waals surface area contributed by atoms with E-state index in [1.54, 1.807) is 17.1 Å². The third kappa shape index (κ3) is 5.98. The molecule has 16 heteroatoms. The molecule has 244 valence electrons. The molecule has 0 aliphatic carbocycles. The van der Waals surface area contributed by atoms with Gasteiger partial charge in [-0.2, -0.15) is 31.3 Å². The molecule has 0 spiro atoms. The highest BCUT2D eigenvalue weighted by Crippen LogP contribution is 2.38. The first-order valence-electron chi connectivity index (χ1n) is 14.6. The van der Waals surface area contributed by atoms with Gasteiger partial charge in [-0.05, 0) is 57.8 Å². The fourth-order valence-electron chi connectivity index (χ4n) is 5.99. The summed E-state index contributed by atoms with van der Waals surface area (Å²) >= 11 is 0. The molecule has 0 N–H and O–H groups in total. The molecular weight excluding hydrogens is 614 g/mol. The zero-order valence-electron chi connectivity index (χ0n) is 25.5. The number of piperazine rings is 1. The van der Waals surface area contributed by atoms with Gasteiger partial charge in [0, 0.05) is 44.5 Å². The van der Waals surface area contributed by atoms with E-state index in [1.165, 1.54) is 18.2 Å². The second kappa shape index (κ2) is 11.8.